The van der Waals surface area contributed by atoms with Crippen molar-refractivity contribution < 1.29 is 18.3 Å². The molecule has 0 bridgehead atoms. The number of nitrogens with one attached hydrogen (secondary N) is 1. The molecule has 2 atom stereocenters. The number of rotatable bonds is 3. The number of halogens is 4. The number of likely N-dealkylation sites (N-methyl/N-ethyl adjacent to an activating group) is 1. The van der Waals surface area contributed by atoms with E-state index >= 15 is 0 Å². The molecular weight excluding hydrogens is 434 g/mol. The average molecular weight is 453 g/mol. The molecule has 1 aromatic heterocycles. The zero-order valence-electron chi connectivity index (χ0n) is 13.1. The van der Waals surface area contributed by atoms with Crippen LogP contribution in [0.5, 0.6) is 0 Å². The number of alkyl halides is 3. The van der Waals surface area contributed by atoms with E-state index in [1.807, 2.05) is 35.7 Å². The van der Waals surface area contributed by atoms with Gasteiger partial charge in [0.25, 0.3) is 0 Å². The lowest BCUT2D eigenvalue weighted by Gasteiger charge is -2.35. The highest BCUT2D eigenvalue weighted by molar-refractivity contribution is 14.1. The maximum absolute atomic E-state index is 12.8. The molecule has 3 rings (SSSR count). The third kappa shape index (κ3) is 3.80. The van der Waals surface area contributed by atoms with Gasteiger partial charge in [-0.25, -0.2) is 0 Å². The zero-order chi connectivity index (χ0) is 17.5. The summed E-state index contributed by atoms with van der Waals surface area (Å²) in [5.74, 6) is 0. The predicted octanol–water partition coefficient (Wildman–Crippen LogP) is 3.29. The Balaban J connectivity index is 1.93. The normalized spacial score (nSPS) is 22.9. The van der Waals surface area contributed by atoms with Crippen molar-refractivity contribution in [2.45, 2.75) is 31.3 Å². The quantitative estimate of drug-likeness (QED) is 0.702. The van der Waals surface area contributed by atoms with E-state index in [0.29, 0.717) is 22.2 Å². The summed E-state index contributed by atoms with van der Waals surface area (Å²) in [6.45, 7) is 0.522. The largest absolute Gasteiger partial charge is 0.406 e. The second-order valence-corrected chi connectivity index (χ2v) is 7.38. The summed E-state index contributed by atoms with van der Waals surface area (Å²) in [6.07, 6.45) is -4.05. The highest BCUT2D eigenvalue weighted by atomic mass is 127. The molecule has 2 aromatic rings. The fourth-order valence-electron chi connectivity index (χ4n) is 3.16. The van der Waals surface area contributed by atoms with Gasteiger partial charge >= 0.3 is 6.18 Å². The molecule has 1 aliphatic heterocycles. The minimum Gasteiger partial charge on any atom is -0.391 e. The van der Waals surface area contributed by atoms with E-state index in [4.69, 9.17) is 0 Å². The topological polar surface area (TPSA) is 40.4 Å². The average Bonchev–Trinajstić information content (AvgIpc) is 2.79. The maximum atomic E-state index is 12.8. The van der Waals surface area contributed by atoms with Crippen molar-refractivity contribution in [1.82, 2.24) is 9.47 Å². The molecule has 0 radical (unpaired) electrons. The number of aromatic nitrogens is 1. The number of aliphatic hydroxyl groups excluding tert-OH is 1. The van der Waals surface area contributed by atoms with Gasteiger partial charge in [0.05, 0.1) is 21.4 Å². The summed E-state index contributed by atoms with van der Waals surface area (Å²) in [7, 11) is 1.99. The lowest BCUT2D eigenvalue weighted by molar-refractivity contribution is -0.140. The molecule has 1 fully saturated rings. The number of hydrogen-bond donors (Lipinski definition) is 2. The van der Waals surface area contributed by atoms with E-state index < -0.39 is 18.8 Å². The number of anilines is 1. The van der Waals surface area contributed by atoms with Crippen LogP contribution in [-0.4, -0.2) is 53.0 Å². The monoisotopic (exact) mass is 453 g/mol. The van der Waals surface area contributed by atoms with Crippen LogP contribution in [0.3, 0.4) is 0 Å². The Morgan fingerprint density at radius 2 is 2.12 bits per heavy atom. The van der Waals surface area contributed by atoms with Crippen molar-refractivity contribution in [2.75, 3.05) is 25.5 Å². The fourth-order valence-corrected chi connectivity index (χ4v) is 3.90. The van der Waals surface area contributed by atoms with Crippen molar-refractivity contribution in [3.63, 3.8) is 0 Å². The molecule has 1 aromatic carbocycles. The van der Waals surface area contributed by atoms with Crippen LogP contribution in [0.4, 0.5) is 18.9 Å². The first kappa shape index (κ1) is 17.8. The van der Waals surface area contributed by atoms with Gasteiger partial charge in [0.2, 0.25) is 0 Å². The molecule has 24 heavy (non-hydrogen) atoms. The van der Waals surface area contributed by atoms with Gasteiger partial charge < -0.3 is 19.9 Å². The van der Waals surface area contributed by atoms with Gasteiger partial charge in [-0.1, -0.05) is 6.07 Å². The van der Waals surface area contributed by atoms with Crippen molar-refractivity contribution in [1.29, 1.82) is 0 Å². The van der Waals surface area contributed by atoms with Crippen LogP contribution in [0.1, 0.15) is 6.42 Å². The molecule has 0 spiro atoms. The third-order valence-electron chi connectivity index (χ3n) is 4.35. The number of likely N-dealkylation sites (tertiary alicyclic amines) is 1. The van der Waals surface area contributed by atoms with Crippen LogP contribution in [0.25, 0.3) is 10.9 Å². The molecular formula is C16H19F3IN3O. The first-order valence-corrected chi connectivity index (χ1v) is 8.80. The van der Waals surface area contributed by atoms with Crippen molar-refractivity contribution >= 4 is 39.2 Å². The van der Waals surface area contributed by atoms with E-state index in [-0.39, 0.29) is 6.04 Å². The van der Waals surface area contributed by atoms with Gasteiger partial charge in [-0.15, -0.1) is 0 Å². The predicted molar refractivity (Wildman–Crippen MR) is 96.2 cm³/mol. The van der Waals surface area contributed by atoms with Crippen molar-refractivity contribution in [2.24, 2.45) is 0 Å². The molecule has 1 saturated heterocycles. The Morgan fingerprint density at radius 1 is 1.38 bits per heavy atom. The lowest BCUT2D eigenvalue weighted by atomic mass is 10.0. The Labute approximate surface area is 151 Å². The summed E-state index contributed by atoms with van der Waals surface area (Å²) in [5, 5.41) is 14.2. The van der Waals surface area contributed by atoms with Crippen LogP contribution < -0.4 is 5.32 Å². The molecule has 0 aliphatic carbocycles. The minimum absolute atomic E-state index is 0.141. The van der Waals surface area contributed by atoms with Crippen molar-refractivity contribution in [3.05, 3.63) is 28.0 Å². The van der Waals surface area contributed by atoms with Gasteiger partial charge in [0.1, 0.15) is 6.54 Å². The molecule has 4 nitrogen and oxygen atoms in total. The molecule has 8 heteroatoms. The molecule has 0 unspecified atom stereocenters. The maximum Gasteiger partial charge on any atom is 0.406 e. The van der Waals surface area contributed by atoms with Crippen LogP contribution in [-0.2, 0) is 6.54 Å². The Kier molecular flexibility index (Phi) is 4.99. The summed E-state index contributed by atoms with van der Waals surface area (Å²) in [4.78, 5) is 2.13. The van der Waals surface area contributed by atoms with Gasteiger partial charge in [0.15, 0.2) is 0 Å². The van der Waals surface area contributed by atoms with Crippen LogP contribution in [0.2, 0.25) is 0 Å². The highest BCUT2D eigenvalue weighted by Crippen LogP contribution is 2.31. The van der Waals surface area contributed by atoms with E-state index in [1.54, 1.807) is 18.2 Å². The first-order valence-electron chi connectivity index (χ1n) is 7.72. The summed E-state index contributed by atoms with van der Waals surface area (Å²) in [5.41, 5.74) is 1.30. The lowest BCUT2D eigenvalue weighted by Crippen LogP contribution is -2.48. The minimum atomic E-state index is -4.27. The van der Waals surface area contributed by atoms with E-state index in [1.165, 1.54) is 4.57 Å². The molecule has 0 amide bonds. The Bertz CT molecular complexity index is 731. The molecule has 0 saturated carbocycles. The van der Waals surface area contributed by atoms with Gasteiger partial charge in [0, 0.05) is 24.2 Å². The summed E-state index contributed by atoms with van der Waals surface area (Å²) >= 11 is 1.93. The van der Waals surface area contributed by atoms with Gasteiger partial charge in [-0.2, -0.15) is 13.2 Å². The Hall–Kier alpha value is -1.00. The second kappa shape index (κ2) is 6.72. The third-order valence-corrected chi connectivity index (χ3v) is 5.25. The summed E-state index contributed by atoms with van der Waals surface area (Å²) < 4.78 is 40.3. The van der Waals surface area contributed by atoms with E-state index in [9.17, 15) is 18.3 Å². The number of piperidine rings is 1. The second-order valence-electron chi connectivity index (χ2n) is 6.28. The van der Waals surface area contributed by atoms with Gasteiger partial charge in [-0.3, -0.25) is 0 Å². The fraction of sp³-hybridized carbons (Fsp3) is 0.500. The SMILES string of the molecule is CN1CC[C@H](O)[C@@H](Nc2cccc3c2cc(I)n3CC(F)(F)F)C1. The van der Waals surface area contributed by atoms with Crippen LogP contribution in [0.15, 0.2) is 24.3 Å². The molecule has 1 aliphatic rings. The zero-order valence-corrected chi connectivity index (χ0v) is 15.3. The molecule has 2 N–H and O–H groups in total. The molecule has 2 heterocycles. The standard InChI is InChI=1S/C16H19F3IN3O/c1-22-6-5-14(24)12(8-22)21-11-3-2-4-13-10(11)7-15(20)23(13)9-16(17,18)19/h2-4,7,12,14,21,24H,5-6,8-9H2,1H3/t12-,14-/m0/s1. The van der Waals surface area contributed by atoms with Crippen molar-refractivity contribution in [3.8, 4) is 0 Å². The first-order chi connectivity index (χ1) is 11.2. The van der Waals surface area contributed by atoms with E-state index in [2.05, 4.69) is 10.2 Å². The number of nitrogens with zero attached hydrogens (tertiary/aromatic N) is 2. The van der Waals surface area contributed by atoms with Crippen LogP contribution in [0, 0.1) is 3.70 Å². The highest BCUT2D eigenvalue weighted by Gasteiger charge is 2.30. The van der Waals surface area contributed by atoms with Gasteiger partial charge in [-0.05, 0) is 54.3 Å². The smallest absolute Gasteiger partial charge is 0.391 e. The Morgan fingerprint density at radius 3 is 2.83 bits per heavy atom. The number of fused-ring (bicyclic) bond motifs is 1. The number of aliphatic hydroxyl groups is 1. The number of hydrogen-bond acceptors (Lipinski definition) is 3. The van der Waals surface area contributed by atoms with Crippen LogP contribution >= 0.6 is 22.6 Å². The summed E-state index contributed by atoms with van der Waals surface area (Å²) in [6, 6.07) is 6.89. The number of benzene rings is 1. The van der Waals surface area contributed by atoms with E-state index in [0.717, 1.165) is 17.6 Å². The molecule has 132 valence electrons.